The molecule has 0 saturated heterocycles. The number of ether oxygens (including phenoxy) is 2. The van der Waals surface area contributed by atoms with E-state index in [-0.39, 0.29) is 0 Å². The predicted molar refractivity (Wildman–Crippen MR) is 91.1 cm³/mol. The summed E-state index contributed by atoms with van der Waals surface area (Å²) in [5.74, 6) is 1.21. The van der Waals surface area contributed by atoms with Crippen molar-refractivity contribution >= 4 is 5.97 Å². The van der Waals surface area contributed by atoms with Crippen LogP contribution in [-0.2, 0) is 4.74 Å². The van der Waals surface area contributed by atoms with Crippen LogP contribution in [0, 0.1) is 13.8 Å². The number of aryl methyl sites for hydroxylation is 1. The fourth-order valence-electron chi connectivity index (χ4n) is 2.33. The first kappa shape index (κ1) is 16.6. The first-order valence-electron chi connectivity index (χ1n) is 7.87. The minimum Gasteiger partial charge on any atom is -0.462 e. The van der Waals surface area contributed by atoms with Crippen LogP contribution in [0.25, 0.3) is 5.82 Å². The molecule has 0 radical (unpaired) electrons. The Morgan fingerprint density at radius 3 is 2.76 bits per heavy atom. The van der Waals surface area contributed by atoms with Gasteiger partial charge in [-0.1, -0.05) is 18.2 Å². The van der Waals surface area contributed by atoms with Crippen LogP contribution in [-0.4, -0.2) is 32.3 Å². The van der Waals surface area contributed by atoms with Gasteiger partial charge in [0.05, 0.1) is 18.5 Å². The van der Waals surface area contributed by atoms with Gasteiger partial charge < -0.3 is 9.47 Å². The molecule has 3 aromatic rings. The molecule has 7 nitrogen and oxygen atoms in total. The number of hydrogen-bond donors (Lipinski definition) is 0. The van der Waals surface area contributed by atoms with E-state index in [0.29, 0.717) is 29.6 Å². The Balaban J connectivity index is 1.90. The molecular formula is C18H18N4O3. The highest BCUT2D eigenvalue weighted by Crippen LogP contribution is 2.24. The first-order chi connectivity index (χ1) is 12.1. The molecule has 0 aliphatic rings. The topological polar surface area (TPSA) is 79.1 Å². The van der Waals surface area contributed by atoms with Gasteiger partial charge in [0.2, 0.25) is 5.88 Å². The third kappa shape index (κ3) is 3.50. The van der Waals surface area contributed by atoms with Gasteiger partial charge in [0.15, 0.2) is 5.82 Å². The number of aromatic nitrogens is 4. The zero-order valence-corrected chi connectivity index (χ0v) is 14.3. The standard InChI is InChI=1S/C18H18N4O3/c1-4-24-18(23)14-10-21-22(13(14)3)16-9-17(20-11-19-16)25-15-8-6-5-7-12(15)2/h5-11H,4H2,1-3H3. The fraction of sp³-hybridized carbons (Fsp3) is 0.222. The van der Waals surface area contributed by atoms with E-state index in [2.05, 4.69) is 15.1 Å². The summed E-state index contributed by atoms with van der Waals surface area (Å²) >= 11 is 0. The fourth-order valence-corrected chi connectivity index (χ4v) is 2.33. The van der Waals surface area contributed by atoms with Crippen LogP contribution >= 0.6 is 0 Å². The van der Waals surface area contributed by atoms with Crippen molar-refractivity contribution in [3.05, 3.63) is 59.7 Å². The molecule has 0 amide bonds. The van der Waals surface area contributed by atoms with Gasteiger partial charge >= 0.3 is 5.97 Å². The van der Waals surface area contributed by atoms with Crippen molar-refractivity contribution in [2.75, 3.05) is 6.61 Å². The van der Waals surface area contributed by atoms with E-state index in [1.165, 1.54) is 12.5 Å². The summed E-state index contributed by atoms with van der Waals surface area (Å²) in [6, 6.07) is 9.34. The number of carbonyl (C=O) groups is 1. The van der Waals surface area contributed by atoms with Crippen molar-refractivity contribution in [2.45, 2.75) is 20.8 Å². The molecule has 0 fully saturated rings. The second-order valence-corrected chi connectivity index (χ2v) is 5.36. The Morgan fingerprint density at radius 1 is 1.20 bits per heavy atom. The maximum atomic E-state index is 11.9. The normalized spacial score (nSPS) is 10.5. The molecule has 2 aromatic heterocycles. The van der Waals surface area contributed by atoms with Gasteiger partial charge in [0, 0.05) is 6.07 Å². The van der Waals surface area contributed by atoms with Crippen LogP contribution in [0.15, 0.2) is 42.9 Å². The van der Waals surface area contributed by atoms with Gasteiger partial charge in [0.1, 0.15) is 17.6 Å². The SMILES string of the molecule is CCOC(=O)c1cnn(-c2cc(Oc3ccccc3C)ncn2)c1C. The van der Waals surface area contributed by atoms with E-state index in [4.69, 9.17) is 9.47 Å². The van der Waals surface area contributed by atoms with E-state index in [1.54, 1.807) is 24.6 Å². The summed E-state index contributed by atoms with van der Waals surface area (Å²) < 4.78 is 12.4. The van der Waals surface area contributed by atoms with E-state index in [1.807, 2.05) is 31.2 Å². The number of carbonyl (C=O) groups excluding carboxylic acids is 1. The zero-order valence-electron chi connectivity index (χ0n) is 14.3. The summed E-state index contributed by atoms with van der Waals surface area (Å²) in [6.07, 6.45) is 2.87. The molecule has 0 bridgehead atoms. The minimum absolute atomic E-state index is 0.311. The summed E-state index contributed by atoms with van der Waals surface area (Å²) in [5.41, 5.74) is 2.04. The number of para-hydroxylation sites is 1. The number of benzene rings is 1. The first-order valence-corrected chi connectivity index (χ1v) is 7.87. The molecule has 0 aliphatic heterocycles. The molecule has 7 heteroatoms. The predicted octanol–water partition coefficient (Wildman–Crippen LogP) is 3.25. The zero-order chi connectivity index (χ0) is 17.8. The molecule has 0 atom stereocenters. The van der Waals surface area contributed by atoms with Gasteiger partial charge in [-0.15, -0.1) is 0 Å². The molecule has 25 heavy (non-hydrogen) atoms. The van der Waals surface area contributed by atoms with Crippen molar-refractivity contribution in [2.24, 2.45) is 0 Å². The maximum Gasteiger partial charge on any atom is 0.341 e. The highest BCUT2D eigenvalue weighted by atomic mass is 16.5. The highest BCUT2D eigenvalue weighted by molar-refractivity contribution is 5.90. The van der Waals surface area contributed by atoms with Crippen molar-refractivity contribution in [3.8, 4) is 17.4 Å². The maximum absolute atomic E-state index is 11.9. The molecule has 0 saturated carbocycles. The second-order valence-electron chi connectivity index (χ2n) is 5.36. The van der Waals surface area contributed by atoms with Crippen LogP contribution in [0.2, 0.25) is 0 Å². The van der Waals surface area contributed by atoms with Crippen molar-refractivity contribution < 1.29 is 14.3 Å². The van der Waals surface area contributed by atoms with Crippen LogP contribution in [0.1, 0.15) is 28.5 Å². The summed E-state index contributed by atoms with van der Waals surface area (Å²) in [7, 11) is 0. The average molecular weight is 338 g/mol. The smallest absolute Gasteiger partial charge is 0.341 e. The highest BCUT2D eigenvalue weighted by Gasteiger charge is 2.17. The minimum atomic E-state index is -0.406. The van der Waals surface area contributed by atoms with E-state index < -0.39 is 5.97 Å². The third-order valence-corrected chi connectivity index (χ3v) is 3.66. The Labute approximate surface area is 145 Å². The second kappa shape index (κ2) is 7.12. The van der Waals surface area contributed by atoms with Crippen molar-refractivity contribution in [3.63, 3.8) is 0 Å². The van der Waals surface area contributed by atoms with E-state index in [0.717, 1.165) is 11.3 Å². The Hall–Kier alpha value is -3.22. The van der Waals surface area contributed by atoms with E-state index in [9.17, 15) is 4.79 Å². The lowest BCUT2D eigenvalue weighted by molar-refractivity contribution is 0.0525. The number of rotatable bonds is 5. The lowest BCUT2D eigenvalue weighted by atomic mass is 10.2. The van der Waals surface area contributed by atoms with Gasteiger partial charge in [-0.2, -0.15) is 5.10 Å². The number of hydrogen-bond acceptors (Lipinski definition) is 6. The lowest BCUT2D eigenvalue weighted by Crippen LogP contribution is -2.08. The summed E-state index contributed by atoms with van der Waals surface area (Å²) in [4.78, 5) is 20.3. The van der Waals surface area contributed by atoms with Crippen LogP contribution in [0.4, 0.5) is 0 Å². The molecule has 0 N–H and O–H groups in total. The quantitative estimate of drug-likeness (QED) is 0.665. The third-order valence-electron chi connectivity index (χ3n) is 3.66. The molecule has 128 valence electrons. The largest absolute Gasteiger partial charge is 0.462 e. The van der Waals surface area contributed by atoms with Crippen LogP contribution in [0.5, 0.6) is 11.6 Å². The molecule has 0 unspecified atom stereocenters. The average Bonchev–Trinajstić information content (AvgIpc) is 2.99. The Bertz CT molecular complexity index is 905. The molecule has 0 aliphatic carbocycles. The monoisotopic (exact) mass is 338 g/mol. The summed E-state index contributed by atoms with van der Waals surface area (Å²) in [6.45, 7) is 5.81. The molecule has 2 heterocycles. The molecule has 0 spiro atoms. The van der Waals surface area contributed by atoms with E-state index >= 15 is 0 Å². The Kier molecular flexibility index (Phi) is 4.74. The van der Waals surface area contributed by atoms with Gasteiger partial charge in [-0.25, -0.2) is 19.4 Å². The molecule has 3 rings (SSSR count). The molecule has 1 aromatic carbocycles. The van der Waals surface area contributed by atoms with Gasteiger partial charge in [-0.05, 0) is 32.4 Å². The van der Waals surface area contributed by atoms with Crippen LogP contribution < -0.4 is 4.74 Å². The van der Waals surface area contributed by atoms with Gasteiger partial charge in [-0.3, -0.25) is 0 Å². The number of nitrogens with zero attached hydrogens (tertiary/aromatic N) is 4. The Morgan fingerprint density at radius 2 is 2.00 bits per heavy atom. The summed E-state index contributed by atoms with van der Waals surface area (Å²) in [5, 5.41) is 4.23. The number of esters is 1. The van der Waals surface area contributed by atoms with Crippen molar-refractivity contribution in [1.82, 2.24) is 19.7 Å². The lowest BCUT2D eigenvalue weighted by Gasteiger charge is -2.09. The van der Waals surface area contributed by atoms with Gasteiger partial charge in [0.25, 0.3) is 0 Å². The van der Waals surface area contributed by atoms with Crippen LogP contribution in [0.3, 0.4) is 0 Å². The molecular weight excluding hydrogens is 320 g/mol. The van der Waals surface area contributed by atoms with Crippen molar-refractivity contribution in [1.29, 1.82) is 0 Å².